The summed E-state index contributed by atoms with van der Waals surface area (Å²) in [6.07, 6.45) is 5.40. The molecule has 0 amide bonds. The lowest BCUT2D eigenvalue weighted by atomic mass is 9.85. The van der Waals surface area contributed by atoms with Gasteiger partial charge < -0.3 is 15.6 Å². The van der Waals surface area contributed by atoms with Crippen molar-refractivity contribution in [2.24, 2.45) is 5.92 Å². The Kier molecular flexibility index (Phi) is 4.30. The standard InChI is InChI=1S/C15H21NO3/c1-2-10-4-3-5-12(8-10)19-15(18)11-6-7-14(17)13(16)9-11/h6-7,9-10,12,17H,2-5,8,16H2,1H3. The Morgan fingerprint density at radius 2 is 2.26 bits per heavy atom. The first kappa shape index (κ1) is 13.7. The topological polar surface area (TPSA) is 72.5 Å². The molecule has 1 aliphatic carbocycles. The van der Waals surface area contributed by atoms with Gasteiger partial charge in [-0.2, -0.15) is 0 Å². The lowest BCUT2D eigenvalue weighted by Crippen LogP contribution is -2.25. The summed E-state index contributed by atoms with van der Waals surface area (Å²) in [4.78, 5) is 12.0. The highest BCUT2D eigenvalue weighted by Gasteiger charge is 2.24. The largest absolute Gasteiger partial charge is 0.506 e. The monoisotopic (exact) mass is 263 g/mol. The maximum Gasteiger partial charge on any atom is 0.338 e. The van der Waals surface area contributed by atoms with E-state index in [0.29, 0.717) is 11.5 Å². The van der Waals surface area contributed by atoms with E-state index in [1.54, 1.807) is 0 Å². The molecule has 4 nitrogen and oxygen atoms in total. The Bertz CT molecular complexity index is 459. The fraction of sp³-hybridized carbons (Fsp3) is 0.533. The lowest BCUT2D eigenvalue weighted by molar-refractivity contribution is 0.0140. The average Bonchev–Trinajstić information content (AvgIpc) is 2.42. The molecule has 0 saturated heterocycles. The zero-order chi connectivity index (χ0) is 13.8. The Hall–Kier alpha value is -1.71. The van der Waals surface area contributed by atoms with Crippen LogP contribution in [0.5, 0.6) is 5.75 Å². The van der Waals surface area contributed by atoms with Gasteiger partial charge >= 0.3 is 5.97 Å². The summed E-state index contributed by atoms with van der Waals surface area (Å²) < 4.78 is 5.53. The molecule has 0 radical (unpaired) electrons. The number of aromatic hydroxyl groups is 1. The molecule has 0 heterocycles. The van der Waals surface area contributed by atoms with Gasteiger partial charge in [-0.3, -0.25) is 0 Å². The summed E-state index contributed by atoms with van der Waals surface area (Å²) in [5.41, 5.74) is 6.17. The molecule has 0 bridgehead atoms. The van der Waals surface area contributed by atoms with E-state index in [1.165, 1.54) is 24.6 Å². The number of ether oxygens (including phenoxy) is 1. The number of nitrogens with two attached hydrogens (primary N) is 1. The third kappa shape index (κ3) is 3.40. The molecule has 19 heavy (non-hydrogen) atoms. The summed E-state index contributed by atoms with van der Waals surface area (Å²) in [7, 11) is 0. The van der Waals surface area contributed by atoms with E-state index in [1.807, 2.05) is 0 Å². The molecule has 2 unspecified atom stereocenters. The Morgan fingerprint density at radius 3 is 2.95 bits per heavy atom. The van der Waals surface area contributed by atoms with Crippen molar-refractivity contribution >= 4 is 11.7 Å². The van der Waals surface area contributed by atoms with Gasteiger partial charge in [0.25, 0.3) is 0 Å². The van der Waals surface area contributed by atoms with Gasteiger partial charge in [0.15, 0.2) is 0 Å². The van der Waals surface area contributed by atoms with Crippen LogP contribution in [-0.2, 0) is 4.74 Å². The Morgan fingerprint density at radius 1 is 1.47 bits per heavy atom. The van der Waals surface area contributed by atoms with Crippen LogP contribution in [-0.4, -0.2) is 17.2 Å². The second kappa shape index (κ2) is 5.95. The summed E-state index contributed by atoms with van der Waals surface area (Å²) in [5.74, 6) is 0.296. The van der Waals surface area contributed by atoms with Crippen molar-refractivity contribution in [2.75, 3.05) is 5.73 Å². The number of carbonyl (C=O) groups is 1. The molecular formula is C15H21NO3. The van der Waals surface area contributed by atoms with Crippen LogP contribution in [0.2, 0.25) is 0 Å². The van der Waals surface area contributed by atoms with Crippen molar-refractivity contribution in [3.63, 3.8) is 0 Å². The smallest absolute Gasteiger partial charge is 0.338 e. The lowest BCUT2D eigenvalue weighted by Gasteiger charge is -2.28. The minimum atomic E-state index is -0.353. The van der Waals surface area contributed by atoms with Gasteiger partial charge in [0.05, 0.1) is 11.3 Å². The van der Waals surface area contributed by atoms with Crippen molar-refractivity contribution in [3.8, 4) is 5.75 Å². The van der Waals surface area contributed by atoms with Gasteiger partial charge in [-0.25, -0.2) is 4.79 Å². The van der Waals surface area contributed by atoms with Crippen LogP contribution in [0.25, 0.3) is 0 Å². The number of rotatable bonds is 3. The SMILES string of the molecule is CCC1CCCC(OC(=O)c2ccc(O)c(N)c2)C1. The van der Waals surface area contributed by atoms with Gasteiger partial charge in [0.2, 0.25) is 0 Å². The highest BCUT2D eigenvalue weighted by Crippen LogP contribution is 2.29. The predicted octanol–water partition coefficient (Wildman–Crippen LogP) is 3.10. The molecule has 1 aliphatic rings. The van der Waals surface area contributed by atoms with Crippen LogP contribution in [0.1, 0.15) is 49.4 Å². The van der Waals surface area contributed by atoms with E-state index in [9.17, 15) is 9.90 Å². The third-order valence-electron chi connectivity index (χ3n) is 3.85. The summed E-state index contributed by atoms with van der Waals surface area (Å²) in [6.45, 7) is 2.18. The van der Waals surface area contributed by atoms with Crippen molar-refractivity contribution in [2.45, 2.75) is 45.1 Å². The van der Waals surface area contributed by atoms with Gasteiger partial charge in [-0.15, -0.1) is 0 Å². The van der Waals surface area contributed by atoms with Crippen molar-refractivity contribution in [3.05, 3.63) is 23.8 Å². The van der Waals surface area contributed by atoms with E-state index in [2.05, 4.69) is 6.92 Å². The fourth-order valence-corrected chi connectivity index (χ4v) is 2.62. The maximum atomic E-state index is 12.0. The zero-order valence-electron chi connectivity index (χ0n) is 11.3. The van der Waals surface area contributed by atoms with Crippen LogP contribution < -0.4 is 5.73 Å². The van der Waals surface area contributed by atoms with E-state index in [-0.39, 0.29) is 23.5 Å². The molecule has 0 aliphatic heterocycles. The molecule has 1 aromatic carbocycles. The quantitative estimate of drug-likeness (QED) is 0.499. The second-order valence-corrected chi connectivity index (χ2v) is 5.24. The van der Waals surface area contributed by atoms with Gasteiger partial charge in [0.1, 0.15) is 11.9 Å². The molecule has 1 aromatic rings. The Labute approximate surface area is 113 Å². The minimum Gasteiger partial charge on any atom is -0.506 e. The van der Waals surface area contributed by atoms with Crippen LogP contribution in [0.4, 0.5) is 5.69 Å². The summed E-state index contributed by atoms with van der Waals surface area (Å²) >= 11 is 0. The molecule has 3 N–H and O–H groups in total. The maximum absolute atomic E-state index is 12.0. The number of esters is 1. The van der Waals surface area contributed by atoms with Crippen molar-refractivity contribution < 1.29 is 14.6 Å². The molecular weight excluding hydrogens is 242 g/mol. The normalized spacial score (nSPS) is 23.0. The minimum absolute atomic E-state index is 0.0136. The van der Waals surface area contributed by atoms with Crippen molar-refractivity contribution in [1.29, 1.82) is 0 Å². The number of benzene rings is 1. The van der Waals surface area contributed by atoms with Gasteiger partial charge in [-0.05, 0) is 43.4 Å². The molecule has 1 saturated carbocycles. The van der Waals surface area contributed by atoms with E-state index in [0.717, 1.165) is 25.7 Å². The first-order valence-electron chi connectivity index (χ1n) is 6.89. The van der Waals surface area contributed by atoms with E-state index < -0.39 is 0 Å². The fourth-order valence-electron chi connectivity index (χ4n) is 2.62. The molecule has 1 fully saturated rings. The third-order valence-corrected chi connectivity index (χ3v) is 3.85. The van der Waals surface area contributed by atoms with E-state index in [4.69, 9.17) is 10.5 Å². The molecule has 2 rings (SSSR count). The second-order valence-electron chi connectivity index (χ2n) is 5.24. The highest BCUT2D eigenvalue weighted by atomic mass is 16.5. The molecule has 4 heteroatoms. The van der Waals surface area contributed by atoms with Crippen LogP contribution in [0, 0.1) is 5.92 Å². The van der Waals surface area contributed by atoms with E-state index >= 15 is 0 Å². The molecule has 104 valence electrons. The number of carbonyl (C=O) groups excluding carboxylic acids is 1. The summed E-state index contributed by atoms with van der Waals surface area (Å²) in [5, 5.41) is 9.34. The number of nitrogen functional groups attached to an aromatic ring is 1. The first-order chi connectivity index (χ1) is 9.10. The molecule has 2 atom stereocenters. The first-order valence-corrected chi connectivity index (χ1v) is 6.89. The van der Waals surface area contributed by atoms with Gasteiger partial charge in [-0.1, -0.05) is 19.8 Å². The number of hydrogen-bond acceptors (Lipinski definition) is 4. The summed E-state index contributed by atoms with van der Waals surface area (Å²) in [6, 6.07) is 4.41. The molecule has 0 aromatic heterocycles. The average molecular weight is 263 g/mol. The highest BCUT2D eigenvalue weighted by molar-refractivity contribution is 5.91. The predicted molar refractivity (Wildman–Crippen MR) is 74.0 cm³/mol. The van der Waals surface area contributed by atoms with Crippen LogP contribution in [0.15, 0.2) is 18.2 Å². The number of phenols is 1. The van der Waals surface area contributed by atoms with Gasteiger partial charge in [0, 0.05) is 0 Å². The molecule has 0 spiro atoms. The number of hydrogen-bond donors (Lipinski definition) is 2. The number of anilines is 1. The van der Waals surface area contributed by atoms with Crippen LogP contribution in [0.3, 0.4) is 0 Å². The van der Waals surface area contributed by atoms with Crippen LogP contribution >= 0.6 is 0 Å². The Balaban J connectivity index is 1.98. The van der Waals surface area contributed by atoms with Crippen molar-refractivity contribution in [1.82, 2.24) is 0 Å². The zero-order valence-corrected chi connectivity index (χ0v) is 11.3. The number of phenolic OH excluding ortho intramolecular Hbond substituents is 1.